The SMILES string of the molecule is CC(C)(C)NC(=O)N1CC[C@@]2(CCCN(Cc3ccc(F)cc3)C2=O)C1. The van der Waals surface area contributed by atoms with Gasteiger partial charge >= 0.3 is 6.03 Å². The Kier molecular flexibility index (Phi) is 4.95. The summed E-state index contributed by atoms with van der Waals surface area (Å²) in [6.07, 6.45) is 2.47. The van der Waals surface area contributed by atoms with Crippen LogP contribution in [0.1, 0.15) is 45.6 Å². The number of nitrogens with one attached hydrogen (secondary N) is 1. The number of carbonyl (C=O) groups excluding carboxylic acids is 2. The van der Waals surface area contributed by atoms with E-state index in [0.29, 0.717) is 32.6 Å². The number of urea groups is 1. The standard InChI is InChI=1S/C20H28FN3O2/c1-19(2,3)22-18(26)24-12-10-20(14-24)9-4-11-23(17(20)25)13-15-5-7-16(21)8-6-15/h5-8H,4,9-14H2,1-3H3,(H,22,26)/t20-/m0/s1. The summed E-state index contributed by atoms with van der Waals surface area (Å²) in [6, 6.07) is 6.20. The maximum atomic E-state index is 13.2. The average Bonchev–Trinajstić information content (AvgIpc) is 2.98. The van der Waals surface area contributed by atoms with Crippen LogP contribution in [0.2, 0.25) is 0 Å². The molecule has 3 rings (SSSR count). The van der Waals surface area contributed by atoms with Crippen molar-refractivity contribution in [3.8, 4) is 0 Å². The van der Waals surface area contributed by atoms with Crippen LogP contribution in [0.4, 0.5) is 9.18 Å². The molecular formula is C20H28FN3O2. The van der Waals surface area contributed by atoms with Gasteiger partial charge < -0.3 is 15.1 Å². The lowest BCUT2D eigenvalue weighted by Gasteiger charge is -2.39. The van der Waals surface area contributed by atoms with E-state index in [4.69, 9.17) is 0 Å². The van der Waals surface area contributed by atoms with Crippen molar-refractivity contribution >= 4 is 11.9 Å². The first-order valence-electron chi connectivity index (χ1n) is 9.29. The fourth-order valence-electron chi connectivity index (χ4n) is 3.94. The van der Waals surface area contributed by atoms with Crippen LogP contribution in [0.3, 0.4) is 0 Å². The summed E-state index contributed by atoms with van der Waals surface area (Å²) in [4.78, 5) is 29.3. The molecule has 1 aromatic rings. The van der Waals surface area contributed by atoms with Crippen molar-refractivity contribution in [3.63, 3.8) is 0 Å². The van der Waals surface area contributed by atoms with E-state index in [0.717, 1.165) is 18.4 Å². The number of hydrogen-bond donors (Lipinski definition) is 1. The first-order chi connectivity index (χ1) is 12.2. The minimum atomic E-state index is -0.465. The Labute approximate surface area is 154 Å². The van der Waals surface area contributed by atoms with Gasteiger partial charge in [0, 0.05) is 31.7 Å². The molecule has 26 heavy (non-hydrogen) atoms. The summed E-state index contributed by atoms with van der Waals surface area (Å²) >= 11 is 0. The number of amides is 3. The van der Waals surface area contributed by atoms with E-state index in [-0.39, 0.29) is 23.3 Å². The highest BCUT2D eigenvalue weighted by atomic mass is 19.1. The average molecular weight is 361 g/mol. The monoisotopic (exact) mass is 361 g/mol. The molecule has 0 radical (unpaired) electrons. The van der Waals surface area contributed by atoms with Crippen LogP contribution in [0.15, 0.2) is 24.3 Å². The number of halogens is 1. The van der Waals surface area contributed by atoms with E-state index in [1.165, 1.54) is 12.1 Å². The molecule has 2 saturated heterocycles. The van der Waals surface area contributed by atoms with Crippen LogP contribution in [0, 0.1) is 11.2 Å². The molecule has 5 nitrogen and oxygen atoms in total. The lowest BCUT2D eigenvalue weighted by Crippen LogP contribution is -2.52. The van der Waals surface area contributed by atoms with Crippen LogP contribution in [0.25, 0.3) is 0 Å². The summed E-state index contributed by atoms with van der Waals surface area (Å²) in [5.74, 6) is -0.148. The first-order valence-corrected chi connectivity index (χ1v) is 9.29. The molecule has 1 aromatic carbocycles. The van der Waals surface area contributed by atoms with Gasteiger partial charge in [-0.05, 0) is 57.7 Å². The number of rotatable bonds is 2. The highest BCUT2D eigenvalue weighted by molar-refractivity contribution is 5.86. The Morgan fingerprint density at radius 1 is 1.19 bits per heavy atom. The highest BCUT2D eigenvalue weighted by Gasteiger charge is 2.49. The second-order valence-corrected chi connectivity index (χ2v) is 8.59. The molecule has 2 aliphatic heterocycles. The van der Waals surface area contributed by atoms with Crippen LogP contribution < -0.4 is 5.32 Å². The van der Waals surface area contributed by atoms with Crippen molar-refractivity contribution in [2.75, 3.05) is 19.6 Å². The molecule has 0 unspecified atom stereocenters. The van der Waals surface area contributed by atoms with Crippen LogP contribution in [-0.4, -0.2) is 46.9 Å². The van der Waals surface area contributed by atoms with Crippen molar-refractivity contribution in [2.24, 2.45) is 5.41 Å². The quantitative estimate of drug-likeness (QED) is 0.880. The summed E-state index contributed by atoms with van der Waals surface area (Å²) in [6.45, 7) is 8.15. The molecule has 1 spiro atoms. The molecule has 0 aromatic heterocycles. The molecule has 6 heteroatoms. The number of piperidine rings is 1. The van der Waals surface area contributed by atoms with Gasteiger partial charge in [-0.2, -0.15) is 0 Å². The minimum absolute atomic E-state index is 0.0992. The lowest BCUT2D eigenvalue weighted by molar-refractivity contribution is -0.146. The van der Waals surface area contributed by atoms with E-state index in [9.17, 15) is 14.0 Å². The Morgan fingerprint density at radius 3 is 2.54 bits per heavy atom. The molecule has 1 atom stereocenters. The van der Waals surface area contributed by atoms with E-state index >= 15 is 0 Å². The fourth-order valence-corrected chi connectivity index (χ4v) is 3.94. The fraction of sp³-hybridized carbons (Fsp3) is 0.600. The highest BCUT2D eigenvalue weighted by Crippen LogP contribution is 2.40. The third-order valence-corrected chi connectivity index (χ3v) is 5.23. The summed E-state index contributed by atoms with van der Waals surface area (Å²) in [5, 5.41) is 2.98. The Hall–Kier alpha value is -2.11. The van der Waals surface area contributed by atoms with Gasteiger partial charge in [0.25, 0.3) is 0 Å². The second kappa shape index (κ2) is 6.89. The van der Waals surface area contributed by atoms with Gasteiger partial charge in [0.15, 0.2) is 0 Å². The van der Waals surface area contributed by atoms with Gasteiger partial charge in [-0.15, -0.1) is 0 Å². The topological polar surface area (TPSA) is 52.7 Å². The van der Waals surface area contributed by atoms with Crippen LogP contribution >= 0.6 is 0 Å². The molecule has 0 aliphatic carbocycles. The zero-order valence-electron chi connectivity index (χ0n) is 15.8. The molecule has 2 aliphatic rings. The van der Waals surface area contributed by atoms with E-state index in [2.05, 4.69) is 5.32 Å². The van der Waals surface area contributed by atoms with Crippen molar-refractivity contribution < 1.29 is 14.0 Å². The molecule has 0 saturated carbocycles. The van der Waals surface area contributed by atoms with Crippen molar-refractivity contribution in [1.29, 1.82) is 0 Å². The summed E-state index contributed by atoms with van der Waals surface area (Å²) in [5.41, 5.74) is 0.169. The lowest BCUT2D eigenvalue weighted by atomic mass is 9.78. The van der Waals surface area contributed by atoms with Gasteiger partial charge in [-0.25, -0.2) is 9.18 Å². The molecular weight excluding hydrogens is 333 g/mol. The summed E-state index contributed by atoms with van der Waals surface area (Å²) in [7, 11) is 0. The Bertz CT molecular complexity index is 683. The van der Waals surface area contributed by atoms with E-state index in [1.807, 2.05) is 25.7 Å². The van der Waals surface area contributed by atoms with Gasteiger partial charge in [0.05, 0.1) is 5.41 Å². The predicted octanol–water partition coefficient (Wildman–Crippen LogP) is 3.15. The number of carbonyl (C=O) groups is 2. The smallest absolute Gasteiger partial charge is 0.317 e. The largest absolute Gasteiger partial charge is 0.338 e. The molecule has 1 N–H and O–H groups in total. The minimum Gasteiger partial charge on any atom is -0.338 e. The molecule has 2 fully saturated rings. The second-order valence-electron chi connectivity index (χ2n) is 8.59. The van der Waals surface area contributed by atoms with Crippen LogP contribution in [-0.2, 0) is 11.3 Å². The van der Waals surface area contributed by atoms with Crippen molar-refractivity contribution in [2.45, 2.75) is 52.1 Å². The van der Waals surface area contributed by atoms with Crippen molar-refractivity contribution in [3.05, 3.63) is 35.6 Å². The number of nitrogens with zero attached hydrogens (tertiary/aromatic N) is 2. The normalized spacial score (nSPS) is 23.6. The van der Waals surface area contributed by atoms with Crippen molar-refractivity contribution in [1.82, 2.24) is 15.1 Å². The summed E-state index contributed by atoms with van der Waals surface area (Å²) < 4.78 is 13.1. The Morgan fingerprint density at radius 2 is 1.88 bits per heavy atom. The molecule has 2 heterocycles. The number of likely N-dealkylation sites (tertiary alicyclic amines) is 2. The molecule has 142 valence electrons. The third kappa shape index (κ3) is 4.00. The number of hydrogen-bond acceptors (Lipinski definition) is 2. The van der Waals surface area contributed by atoms with Gasteiger partial charge in [0.2, 0.25) is 5.91 Å². The van der Waals surface area contributed by atoms with Crippen LogP contribution in [0.5, 0.6) is 0 Å². The zero-order valence-corrected chi connectivity index (χ0v) is 15.8. The van der Waals surface area contributed by atoms with E-state index in [1.54, 1.807) is 17.0 Å². The van der Waals surface area contributed by atoms with E-state index < -0.39 is 5.41 Å². The maximum Gasteiger partial charge on any atom is 0.317 e. The zero-order chi connectivity index (χ0) is 18.9. The Balaban J connectivity index is 1.67. The third-order valence-electron chi connectivity index (χ3n) is 5.23. The first kappa shape index (κ1) is 18.7. The maximum absolute atomic E-state index is 13.2. The van der Waals surface area contributed by atoms with Gasteiger partial charge in [0.1, 0.15) is 5.82 Å². The predicted molar refractivity (Wildman–Crippen MR) is 98.0 cm³/mol. The van der Waals surface area contributed by atoms with Gasteiger partial charge in [-0.3, -0.25) is 4.79 Å². The molecule has 3 amide bonds. The molecule has 0 bridgehead atoms. The number of benzene rings is 1. The van der Waals surface area contributed by atoms with Gasteiger partial charge in [-0.1, -0.05) is 12.1 Å².